The van der Waals surface area contributed by atoms with E-state index >= 15 is 0 Å². The Morgan fingerprint density at radius 3 is 2.60 bits per heavy atom. The maximum absolute atomic E-state index is 11.4. The fourth-order valence-electron chi connectivity index (χ4n) is 2.07. The molecule has 0 fully saturated rings. The molecular formula is C16H18O4. The van der Waals surface area contributed by atoms with E-state index in [9.17, 15) is 9.90 Å². The maximum Gasteiger partial charge on any atom is 0.308 e. The van der Waals surface area contributed by atoms with Gasteiger partial charge in [0.25, 0.3) is 0 Å². The highest BCUT2D eigenvalue weighted by Crippen LogP contribution is 2.25. The van der Waals surface area contributed by atoms with E-state index in [-0.39, 0.29) is 6.42 Å². The molecule has 0 heterocycles. The Kier molecular flexibility index (Phi) is 4.58. The molecule has 2 aromatic carbocycles. The van der Waals surface area contributed by atoms with Crippen molar-refractivity contribution in [1.29, 1.82) is 0 Å². The van der Waals surface area contributed by atoms with Gasteiger partial charge in [0.05, 0.1) is 26.2 Å². The molecule has 0 saturated carbocycles. The Bertz CT molecular complexity index is 606. The van der Waals surface area contributed by atoms with Gasteiger partial charge in [-0.2, -0.15) is 0 Å². The van der Waals surface area contributed by atoms with E-state index in [1.165, 1.54) is 0 Å². The fourth-order valence-corrected chi connectivity index (χ4v) is 2.07. The lowest BCUT2D eigenvalue weighted by Crippen LogP contribution is -2.10. The number of hydrogen-bond acceptors (Lipinski definition) is 4. The predicted octanol–water partition coefficient (Wildman–Crippen LogP) is 2.84. The zero-order valence-electron chi connectivity index (χ0n) is 11.6. The summed E-state index contributed by atoms with van der Waals surface area (Å²) in [6.07, 6.45) is -0.879. The number of ether oxygens (including phenoxy) is 2. The van der Waals surface area contributed by atoms with Gasteiger partial charge in [0, 0.05) is 0 Å². The number of methoxy groups -OCH3 is 1. The smallest absolute Gasteiger partial charge is 0.308 e. The largest absolute Gasteiger partial charge is 0.497 e. The molecule has 1 unspecified atom stereocenters. The topological polar surface area (TPSA) is 55.8 Å². The third kappa shape index (κ3) is 3.27. The Balaban J connectivity index is 2.20. The van der Waals surface area contributed by atoms with Gasteiger partial charge in [0.1, 0.15) is 5.75 Å². The minimum absolute atomic E-state index is 0.0322. The first kappa shape index (κ1) is 14.3. The number of carbonyl (C=O) groups excluding carboxylic acids is 1. The van der Waals surface area contributed by atoms with Crippen LogP contribution in [0.25, 0.3) is 10.8 Å². The van der Waals surface area contributed by atoms with Gasteiger partial charge < -0.3 is 14.6 Å². The quantitative estimate of drug-likeness (QED) is 0.852. The van der Waals surface area contributed by atoms with Gasteiger partial charge in [-0.1, -0.05) is 18.2 Å². The number of aliphatic hydroxyl groups excluding tert-OH is 1. The molecule has 0 saturated heterocycles. The summed E-state index contributed by atoms with van der Waals surface area (Å²) >= 11 is 0. The monoisotopic (exact) mass is 274 g/mol. The third-order valence-electron chi connectivity index (χ3n) is 3.12. The molecule has 4 nitrogen and oxygen atoms in total. The second kappa shape index (κ2) is 6.39. The molecule has 4 heteroatoms. The summed E-state index contributed by atoms with van der Waals surface area (Å²) in [5, 5.41) is 12.1. The average Bonchev–Trinajstić information content (AvgIpc) is 2.46. The molecule has 0 aromatic heterocycles. The average molecular weight is 274 g/mol. The van der Waals surface area contributed by atoms with Crippen molar-refractivity contribution >= 4 is 16.7 Å². The molecule has 0 aliphatic carbocycles. The Morgan fingerprint density at radius 2 is 1.90 bits per heavy atom. The Labute approximate surface area is 117 Å². The standard InChI is InChI=1S/C16H18O4/c1-3-20-16(18)10-15(17)13-5-4-12-9-14(19-2)7-6-11(12)8-13/h4-9,15,17H,3,10H2,1-2H3. The third-order valence-corrected chi connectivity index (χ3v) is 3.12. The van der Waals surface area contributed by atoms with E-state index in [0.717, 1.165) is 16.5 Å². The fraction of sp³-hybridized carbons (Fsp3) is 0.312. The van der Waals surface area contributed by atoms with Gasteiger partial charge in [-0.25, -0.2) is 0 Å². The van der Waals surface area contributed by atoms with Crippen molar-refractivity contribution in [2.45, 2.75) is 19.4 Å². The van der Waals surface area contributed by atoms with E-state index in [0.29, 0.717) is 12.2 Å². The minimum atomic E-state index is -0.847. The molecule has 20 heavy (non-hydrogen) atoms. The molecular weight excluding hydrogens is 256 g/mol. The molecule has 0 bridgehead atoms. The second-order valence-corrected chi connectivity index (χ2v) is 4.50. The van der Waals surface area contributed by atoms with E-state index < -0.39 is 12.1 Å². The van der Waals surface area contributed by atoms with Crippen LogP contribution in [0.4, 0.5) is 0 Å². The van der Waals surface area contributed by atoms with Crippen LogP contribution in [0.5, 0.6) is 5.75 Å². The van der Waals surface area contributed by atoms with Gasteiger partial charge in [0.15, 0.2) is 0 Å². The zero-order valence-corrected chi connectivity index (χ0v) is 11.6. The van der Waals surface area contributed by atoms with Crippen LogP contribution < -0.4 is 4.74 Å². The number of rotatable bonds is 5. The van der Waals surface area contributed by atoms with Crippen LogP contribution in [0.2, 0.25) is 0 Å². The van der Waals surface area contributed by atoms with Crippen LogP contribution in [0.15, 0.2) is 36.4 Å². The zero-order chi connectivity index (χ0) is 14.5. The molecule has 2 aromatic rings. The number of aliphatic hydroxyl groups is 1. The van der Waals surface area contributed by atoms with Crippen LogP contribution in [-0.2, 0) is 9.53 Å². The van der Waals surface area contributed by atoms with Crippen LogP contribution in [-0.4, -0.2) is 24.8 Å². The lowest BCUT2D eigenvalue weighted by atomic mass is 10.0. The van der Waals surface area contributed by atoms with E-state index in [2.05, 4.69) is 0 Å². The van der Waals surface area contributed by atoms with E-state index in [1.807, 2.05) is 36.4 Å². The van der Waals surface area contributed by atoms with Crippen LogP contribution in [0.1, 0.15) is 25.0 Å². The van der Waals surface area contributed by atoms with Gasteiger partial charge in [-0.05, 0) is 41.5 Å². The summed E-state index contributed by atoms with van der Waals surface area (Å²) in [5.41, 5.74) is 0.704. The predicted molar refractivity (Wildman–Crippen MR) is 76.7 cm³/mol. The van der Waals surface area contributed by atoms with Gasteiger partial charge >= 0.3 is 5.97 Å². The second-order valence-electron chi connectivity index (χ2n) is 4.50. The van der Waals surface area contributed by atoms with Gasteiger partial charge in [-0.3, -0.25) is 4.79 Å². The van der Waals surface area contributed by atoms with Crippen molar-refractivity contribution in [3.05, 3.63) is 42.0 Å². The van der Waals surface area contributed by atoms with E-state index in [4.69, 9.17) is 9.47 Å². The summed E-state index contributed by atoms with van der Waals surface area (Å²) in [5.74, 6) is 0.396. The molecule has 0 amide bonds. The molecule has 0 radical (unpaired) electrons. The minimum Gasteiger partial charge on any atom is -0.497 e. The van der Waals surface area contributed by atoms with Crippen molar-refractivity contribution in [2.24, 2.45) is 0 Å². The molecule has 2 rings (SSSR count). The lowest BCUT2D eigenvalue weighted by molar-refractivity contribution is -0.145. The molecule has 106 valence electrons. The summed E-state index contributed by atoms with van der Waals surface area (Å²) in [6.45, 7) is 2.07. The highest BCUT2D eigenvalue weighted by Gasteiger charge is 2.14. The molecule has 0 spiro atoms. The number of benzene rings is 2. The van der Waals surface area contributed by atoms with Crippen molar-refractivity contribution in [3.8, 4) is 5.75 Å². The van der Waals surface area contributed by atoms with E-state index in [1.54, 1.807) is 14.0 Å². The number of carbonyl (C=O) groups is 1. The highest BCUT2D eigenvalue weighted by molar-refractivity contribution is 5.84. The van der Waals surface area contributed by atoms with Gasteiger partial charge in [-0.15, -0.1) is 0 Å². The lowest BCUT2D eigenvalue weighted by Gasteiger charge is -2.11. The number of hydrogen-bond donors (Lipinski definition) is 1. The van der Waals surface area contributed by atoms with Crippen LogP contribution >= 0.6 is 0 Å². The molecule has 0 aliphatic rings. The first-order valence-electron chi connectivity index (χ1n) is 6.55. The number of esters is 1. The summed E-state index contributed by atoms with van der Waals surface area (Å²) in [6, 6.07) is 11.3. The number of fused-ring (bicyclic) bond motifs is 1. The summed E-state index contributed by atoms with van der Waals surface area (Å²) < 4.78 is 10.0. The normalized spacial score (nSPS) is 12.2. The van der Waals surface area contributed by atoms with Crippen LogP contribution in [0, 0.1) is 0 Å². The summed E-state index contributed by atoms with van der Waals surface area (Å²) in [7, 11) is 1.62. The Hall–Kier alpha value is -2.07. The van der Waals surface area contributed by atoms with Crippen molar-refractivity contribution in [1.82, 2.24) is 0 Å². The van der Waals surface area contributed by atoms with Crippen molar-refractivity contribution in [2.75, 3.05) is 13.7 Å². The first-order chi connectivity index (χ1) is 9.63. The van der Waals surface area contributed by atoms with Crippen molar-refractivity contribution < 1.29 is 19.4 Å². The molecule has 0 aliphatic heterocycles. The van der Waals surface area contributed by atoms with Crippen molar-refractivity contribution in [3.63, 3.8) is 0 Å². The highest BCUT2D eigenvalue weighted by atomic mass is 16.5. The van der Waals surface area contributed by atoms with Gasteiger partial charge in [0.2, 0.25) is 0 Å². The van der Waals surface area contributed by atoms with Crippen LogP contribution in [0.3, 0.4) is 0 Å². The summed E-state index contributed by atoms with van der Waals surface area (Å²) in [4.78, 5) is 11.4. The first-order valence-corrected chi connectivity index (χ1v) is 6.55. The Morgan fingerprint density at radius 1 is 1.20 bits per heavy atom. The SMILES string of the molecule is CCOC(=O)CC(O)c1ccc2cc(OC)ccc2c1. The maximum atomic E-state index is 11.4. The molecule has 1 atom stereocenters. The molecule has 1 N–H and O–H groups in total.